The van der Waals surface area contributed by atoms with E-state index in [1.165, 1.54) is 17.0 Å². The Morgan fingerprint density at radius 3 is 2.64 bits per heavy atom. The van der Waals surface area contributed by atoms with Gasteiger partial charge in [-0.25, -0.2) is 9.18 Å². The molecule has 1 aliphatic rings. The number of carbonyl (C=O) groups excluding carboxylic acids is 1. The lowest BCUT2D eigenvalue weighted by atomic mass is 10.2. The van der Waals surface area contributed by atoms with Crippen LogP contribution < -0.4 is 19.5 Å². The Balaban J connectivity index is 1.48. The molecule has 1 N–H and O–H groups in total. The van der Waals surface area contributed by atoms with Gasteiger partial charge in [0.2, 0.25) is 0 Å². The maximum Gasteiger partial charge on any atom is 0.321 e. The number of halogens is 1. The van der Waals surface area contributed by atoms with Crippen molar-refractivity contribution >= 4 is 11.7 Å². The van der Waals surface area contributed by atoms with Crippen LogP contribution in [0.25, 0.3) is 0 Å². The summed E-state index contributed by atoms with van der Waals surface area (Å²) in [6.07, 6.45) is 0. The number of urea groups is 1. The van der Waals surface area contributed by atoms with Gasteiger partial charge < -0.3 is 24.4 Å². The molecule has 1 heterocycles. The predicted octanol–water partition coefficient (Wildman–Crippen LogP) is 3.14. The molecule has 2 amide bonds. The van der Waals surface area contributed by atoms with E-state index >= 15 is 0 Å². The Morgan fingerprint density at radius 1 is 1.16 bits per heavy atom. The Hall–Kier alpha value is -2.96. The summed E-state index contributed by atoms with van der Waals surface area (Å²) in [6.45, 7) is 1.70. The smallest absolute Gasteiger partial charge is 0.321 e. The maximum atomic E-state index is 12.8. The number of nitrogens with one attached hydrogen (secondary N) is 1. The van der Waals surface area contributed by atoms with Crippen LogP contribution in [-0.2, 0) is 0 Å². The van der Waals surface area contributed by atoms with Crippen LogP contribution in [0.4, 0.5) is 14.9 Å². The number of hydrogen-bond acceptors (Lipinski definition) is 4. The van der Waals surface area contributed by atoms with Crippen molar-refractivity contribution in [3.05, 3.63) is 48.3 Å². The Bertz CT molecular complexity index is 736. The lowest BCUT2D eigenvalue weighted by Gasteiger charge is -2.21. The highest BCUT2D eigenvalue weighted by molar-refractivity contribution is 5.89. The van der Waals surface area contributed by atoms with Gasteiger partial charge in [0.25, 0.3) is 0 Å². The van der Waals surface area contributed by atoms with Gasteiger partial charge in [0.1, 0.15) is 31.4 Å². The molecular formula is C18H19FN2O4. The van der Waals surface area contributed by atoms with Gasteiger partial charge in [-0.05, 0) is 36.4 Å². The van der Waals surface area contributed by atoms with Crippen molar-refractivity contribution < 1.29 is 23.4 Å². The van der Waals surface area contributed by atoms with E-state index in [0.29, 0.717) is 49.3 Å². The van der Waals surface area contributed by atoms with Crippen LogP contribution in [0.3, 0.4) is 0 Å². The number of ether oxygens (including phenoxy) is 3. The van der Waals surface area contributed by atoms with Gasteiger partial charge in [-0.2, -0.15) is 0 Å². The molecule has 0 aromatic heterocycles. The van der Waals surface area contributed by atoms with Crippen LogP contribution in [0.2, 0.25) is 0 Å². The predicted molar refractivity (Wildman–Crippen MR) is 91.0 cm³/mol. The number of hydrogen-bond donors (Lipinski definition) is 1. The molecule has 0 bridgehead atoms. The molecule has 0 radical (unpaired) electrons. The van der Waals surface area contributed by atoms with E-state index in [1.54, 1.807) is 37.4 Å². The molecule has 6 nitrogen and oxygen atoms in total. The average molecular weight is 346 g/mol. The van der Waals surface area contributed by atoms with Crippen molar-refractivity contribution in [3.8, 4) is 17.2 Å². The lowest BCUT2D eigenvalue weighted by molar-refractivity contribution is 0.171. The van der Waals surface area contributed by atoms with Crippen molar-refractivity contribution in [3.63, 3.8) is 0 Å². The van der Waals surface area contributed by atoms with Gasteiger partial charge in [0.05, 0.1) is 6.54 Å². The monoisotopic (exact) mass is 346 g/mol. The highest BCUT2D eigenvalue weighted by Gasteiger charge is 2.14. The first kappa shape index (κ1) is 16.9. The van der Waals surface area contributed by atoms with Crippen molar-refractivity contribution in [2.75, 3.05) is 38.7 Å². The van der Waals surface area contributed by atoms with E-state index in [1.807, 2.05) is 0 Å². The first-order chi connectivity index (χ1) is 12.1. The Labute approximate surface area is 145 Å². The number of benzene rings is 2. The van der Waals surface area contributed by atoms with E-state index in [4.69, 9.17) is 14.2 Å². The minimum absolute atomic E-state index is 0.264. The number of likely N-dealkylation sites (N-methyl/N-ethyl adjacent to an activating group) is 1. The van der Waals surface area contributed by atoms with E-state index in [-0.39, 0.29) is 11.8 Å². The van der Waals surface area contributed by atoms with Crippen LogP contribution in [0.15, 0.2) is 42.5 Å². The SMILES string of the molecule is CN(CCOc1ccc(F)cc1)C(=O)Nc1ccc2c(c1)OCCO2. The molecule has 7 heteroatoms. The lowest BCUT2D eigenvalue weighted by Crippen LogP contribution is -2.34. The van der Waals surface area contributed by atoms with E-state index in [9.17, 15) is 9.18 Å². The van der Waals surface area contributed by atoms with Crippen LogP contribution >= 0.6 is 0 Å². The van der Waals surface area contributed by atoms with E-state index in [0.717, 1.165) is 0 Å². The van der Waals surface area contributed by atoms with Gasteiger partial charge in [0, 0.05) is 18.8 Å². The summed E-state index contributed by atoms with van der Waals surface area (Å²) in [4.78, 5) is 13.7. The first-order valence-electron chi connectivity index (χ1n) is 7.92. The number of nitrogens with zero attached hydrogens (tertiary/aromatic N) is 1. The maximum absolute atomic E-state index is 12.8. The summed E-state index contributed by atoms with van der Waals surface area (Å²) in [5, 5.41) is 2.79. The molecule has 0 spiro atoms. The first-order valence-corrected chi connectivity index (χ1v) is 7.92. The summed E-state index contributed by atoms with van der Waals surface area (Å²) in [5.74, 6) is 1.53. The zero-order valence-corrected chi connectivity index (χ0v) is 13.8. The second-order valence-corrected chi connectivity index (χ2v) is 5.51. The normalized spacial score (nSPS) is 12.4. The number of anilines is 1. The van der Waals surface area contributed by atoms with Gasteiger partial charge in [0.15, 0.2) is 11.5 Å². The van der Waals surface area contributed by atoms with Crippen LogP contribution in [0, 0.1) is 5.82 Å². The van der Waals surface area contributed by atoms with E-state index in [2.05, 4.69) is 5.32 Å². The van der Waals surface area contributed by atoms with Crippen molar-refractivity contribution in [1.29, 1.82) is 0 Å². The summed E-state index contributed by atoms with van der Waals surface area (Å²) in [6, 6.07) is 10.7. The second-order valence-electron chi connectivity index (χ2n) is 5.51. The molecule has 2 aromatic carbocycles. The molecule has 0 unspecified atom stereocenters. The van der Waals surface area contributed by atoms with Crippen LogP contribution in [0.5, 0.6) is 17.2 Å². The fourth-order valence-corrected chi connectivity index (χ4v) is 2.27. The molecule has 0 aliphatic carbocycles. The third kappa shape index (κ3) is 4.53. The molecule has 0 fully saturated rings. The number of carbonyl (C=O) groups is 1. The molecule has 0 saturated heterocycles. The number of fused-ring (bicyclic) bond motifs is 1. The largest absolute Gasteiger partial charge is 0.492 e. The second kappa shape index (κ2) is 7.74. The Morgan fingerprint density at radius 2 is 1.88 bits per heavy atom. The quantitative estimate of drug-likeness (QED) is 0.904. The minimum Gasteiger partial charge on any atom is -0.492 e. The summed E-state index contributed by atoms with van der Waals surface area (Å²) in [7, 11) is 1.67. The fraction of sp³-hybridized carbons (Fsp3) is 0.278. The summed E-state index contributed by atoms with van der Waals surface area (Å²) >= 11 is 0. The highest BCUT2D eigenvalue weighted by Crippen LogP contribution is 2.32. The molecule has 0 saturated carbocycles. The standard InChI is InChI=1S/C18H19FN2O4/c1-21(8-9-23-15-5-2-13(19)3-6-15)18(22)20-14-4-7-16-17(12-14)25-11-10-24-16/h2-7,12H,8-11H2,1H3,(H,20,22). The van der Waals surface area contributed by atoms with Gasteiger partial charge >= 0.3 is 6.03 Å². The fourth-order valence-electron chi connectivity index (χ4n) is 2.27. The Kier molecular flexibility index (Phi) is 5.23. The molecular weight excluding hydrogens is 327 g/mol. The third-order valence-corrected chi connectivity index (χ3v) is 3.65. The molecule has 0 atom stereocenters. The van der Waals surface area contributed by atoms with Crippen LogP contribution in [-0.4, -0.2) is 44.3 Å². The topological polar surface area (TPSA) is 60.0 Å². The van der Waals surface area contributed by atoms with E-state index < -0.39 is 0 Å². The number of amides is 2. The van der Waals surface area contributed by atoms with Crippen molar-refractivity contribution in [1.82, 2.24) is 4.90 Å². The average Bonchev–Trinajstić information content (AvgIpc) is 2.63. The van der Waals surface area contributed by atoms with Crippen molar-refractivity contribution in [2.24, 2.45) is 0 Å². The molecule has 1 aliphatic heterocycles. The minimum atomic E-state index is -0.316. The van der Waals surface area contributed by atoms with Gasteiger partial charge in [-0.1, -0.05) is 0 Å². The molecule has 25 heavy (non-hydrogen) atoms. The highest BCUT2D eigenvalue weighted by atomic mass is 19.1. The summed E-state index contributed by atoms with van der Waals surface area (Å²) < 4.78 is 29.2. The van der Waals surface area contributed by atoms with Gasteiger partial charge in [-0.15, -0.1) is 0 Å². The zero-order valence-electron chi connectivity index (χ0n) is 13.8. The molecule has 3 rings (SSSR count). The summed E-state index contributed by atoms with van der Waals surface area (Å²) in [5.41, 5.74) is 0.626. The third-order valence-electron chi connectivity index (χ3n) is 3.65. The zero-order chi connectivity index (χ0) is 17.6. The van der Waals surface area contributed by atoms with Crippen LogP contribution in [0.1, 0.15) is 0 Å². The molecule has 132 valence electrons. The van der Waals surface area contributed by atoms with Crippen molar-refractivity contribution in [2.45, 2.75) is 0 Å². The molecule has 2 aromatic rings. The van der Waals surface area contributed by atoms with Gasteiger partial charge in [-0.3, -0.25) is 0 Å². The number of rotatable bonds is 5.